The number of nitrogens with one attached hydrogen (secondary N) is 1. The first kappa shape index (κ1) is 11.6. The summed E-state index contributed by atoms with van der Waals surface area (Å²) in [6, 6.07) is 2.55. The van der Waals surface area contributed by atoms with Gasteiger partial charge in [-0.3, -0.25) is 0 Å². The zero-order valence-corrected chi connectivity index (χ0v) is 10.6. The summed E-state index contributed by atoms with van der Waals surface area (Å²) in [7, 11) is 0. The van der Waals surface area contributed by atoms with Gasteiger partial charge in [0.2, 0.25) is 0 Å². The fourth-order valence-electron chi connectivity index (χ4n) is 1.47. The smallest absolute Gasteiger partial charge is 0.193 e. The zero-order chi connectivity index (χ0) is 12.2. The first-order valence-electron chi connectivity index (χ1n) is 5.88. The predicted molar refractivity (Wildman–Crippen MR) is 68.0 cm³/mol. The van der Waals surface area contributed by atoms with Crippen molar-refractivity contribution < 1.29 is 0 Å². The summed E-state index contributed by atoms with van der Waals surface area (Å²) in [5, 5.41) is 5.00. The highest BCUT2D eigenvalue weighted by Crippen LogP contribution is 2.21. The molecule has 18 heavy (non-hydrogen) atoms. The molecule has 6 heteroatoms. The third-order valence-electron chi connectivity index (χ3n) is 2.60. The van der Waals surface area contributed by atoms with Gasteiger partial charge in [-0.2, -0.15) is 0 Å². The third kappa shape index (κ3) is 3.24. The molecule has 2 heterocycles. The van der Waals surface area contributed by atoms with Gasteiger partial charge in [0.1, 0.15) is 11.4 Å². The average molecular weight is 259 g/mol. The van der Waals surface area contributed by atoms with E-state index < -0.39 is 0 Å². The summed E-state index contributed by atoms with van der Waals surface area (Å²) in [5.41, 5.74) is 1.12. The molecule has 1 aliphatic rings. The fraction of sp³-hybridized carbons (Fsp3) is 0.333. The number of aromatic nitrogens is 4. The van der Waals surface area contributed by atoms with Gasteiger partial charge in [0.05, 0.1) is 0 Å². The molecule has 1 N–H and O–H groups in total. The molecule has 1 fully saturated rings. The highest BCUT2D eigenvalue weighted by atomic mass is 32.2. The zero-order valence-electron chi connectivity index (χ0n) is 9.78. The van der Waals surface area contributed by atoms with E-state index in [0.29, 0.717) is 11.2 Å². The lowest BCUT2D eigenvalue weighted by molar-refractivity contribution is 0.680. The maximum atomic E-state index is 4.32. The van der Waals surface area contributed by atoms with Gasteiger partial charge in [-0.05, 0) is 30.7 Å². The second-order valence-electron chi connectivity index (χ2n) is 4.18. The van der Waals surface area contributed by atoms with Crippen LogP contribution in [0, 0.1) is 0 Å². The molecule has 2 aromatic rings. The van der Waals surface area contributed by atoms with E-state index in [1.54, 1.807) is 6.20 Å². The van der Waals surface area contributed by atoms with Crippen LogP contribution in [0.4, 0.5) is 0 Å². The topological polar surface area (TPSA) is 63.6 Å². The van der Waals surface area contributed by atoms with Crippen LogP contribution in [0.2, 0.25) is 0 Å². The van der Waals surface area contributed by atoms with Gasteiger partial charge in [0.25, 0.3) is 0 Å². The second-order valence-corrected chi connectivity index (χ2v) is 5.17. The van der Waals surface area contributed by atoms with Crippen molar-refractivity contribution in [2.45, 2.75) is 35.6 Å². The Morgan fingerprint density at radius 2 is 2.06 bits per heavy atom. The third-order valence-corrected chi connectivity index (χ3v) is 3.45. The summed E-state index contributed by atoms with van der Waals surface area (Å²) in [6.45, 7) is 0.850. The quantitative estimate of drug-likeness (QED) is 0.651. The van der Waals surface area contributed by atoms with E-state index in [2.05, 4.69) is 25.3 Å². The summed E-state index contributed by atoms with van der Waals surface area (Å²) in [5.74, 6) is 0. The number of hydrogen-bond acceptors (Lipinski definition) is 6. The Morgan fingerprint density at radius 1 is 1.22 bits per heavy atom. The first-order chi connectivity index (χ1) is 8.90. The molecule has 0 aliphatic heterocycles. The Hall–Kier alpha value is -1.53. The molecule has 5 nitrogen and oxygen atoms in total. The van der Waals surface area contributed by atoms with Gasteiger partial charge in [0.15, 0.2) is 5.16 Å². The number of rotatable bonds is 5. The average Bonchev–Trinajstić information content (AvgIpc) is 3.23. The summed E-state index contributed by atoms with van der Waals surface area (Å²) in [4.78, 5) is 16.6. The monoisotopic (exact) mass is 259 g/mol. The van der Waals surface area contributed by atoms with Crippen molar-refractivity contribution in [3.63, 3.8) is 0 Å². The van der Waals surface area contributed by atoms with Gasteiger partial charge < -0.3 is 5.32 Å². The van der Waals surface area contributed by atoms with E-state index in [9.17, 15) is 0 Å². The van der Waals surface area contributed by atoms with Gasteiger partial charge in [-0.25, -0.2) is 19.9 Å². The maximum Gasteiger partial charge on any atom is 0.193 e. The van der Waals surface area contributed by atoms with Gasteiger partial charge in [-0.15, -0.1) is 0 Å². The van der Waals surface area contributed by atoms with Gasteiger partial charge >= 0.3 is 0 Å². The van der Waals surface area contributed by atoms with Crippen LogP contribution in [-0.4, -0.2) is 26.0 Å². The highest BCUT2D eigenvalue weighted by Gasteiger charge is 2.19. The van der Waals surface area contributed by atoms with E-state index in [0.717, 1.165) is 17.1 Å². The van der Waals surface area contributed by atoms with Crippen molar-refractivity contribution >= 4 is 11.8 Å². The highest BCUT2D eigenvalue weighted by molar-refractivity contribution is 7.99. The SMILES string of the molecule is c1cc(Sc2ncc(CNC3CC3)cn2)ncn1. The van der Waals surface area contributed by atoms with Gasteiger partial charge in [0, 0.05) is 36.7 Å². The maximum absolute atomic E-state index is 4.32. The van der Waals surface area contributed by atoms with Crippen LogP contribution < -0.4 is 5.32 Å². The molecule has 3 rings (SSSR count). The minimum atomic E-state index is 0.708. The molecule has 0 radical (unpaired) electrons. The Morgan fingerprint density at radius 3 is 2.72 bits per heavy atom. The Kier molecular flexibility index (Phi) is 3.47. The largest absolute Gasteiger partial charge is 0.310 e. The van der Waals surface area contributed by atoms with Crippen molar-refractivity contribution in [3.8, 4) is 0 Å². The first-order valence-corrected chi connectivity index (χ1v) is 6.70. The van der Waals surface area contributed by atoms with E-state index in [4.69, 9.17) is 0 Å². The molecule has 0 unspecified atom stereocenters. The van der Waals surface area contributed by atoms with E-state index in [1.165, 1.54) is 30.9 Å². The van der Waals surface area contributed by atoms with Crippen LogP contribution in [0.5, 0.6) is 0 Å². The summed E-state index contributed by atoms with van der Waals surface area (Å²) in [6.07, 6.45) is 9.56. The number of hydrogen-bond donors (Lipinski definition) is 1. The molecule has 1 saturated carbocycles. The van der Waals surface area contributed by atoms with Crippen LogP contribution in [-0.2, 0) is 6.54 Å². The van der Waals surface area contributed by atoms with Crippen molar-refractivity contribution in [1.29, 1.82) is 0 Å². The molecule has 1 aliphatic carbocycles. The molecule has 0 saturated heterocycles. The second kappa shape index (κ2) is 5.41. The van der Waals surface area contributed by atoms with Crippen molar-refractivity contribution in [3.05, 3.63) is 36.5 Å². The lowest BCUT2D eigenvalue weighted by atomic mass is 10.3. The van der Waals surface area contributed by atoms with Crippen LogP contribution in [0.1, 0.15) is 18.4 Å². The van der Waals surface area contributed by atoms with E-state index in [-0.39, 0.29) is 0 Å². The van der Waals surface area contributed by atoms with E-state index >= 15 is 0 Å². The molecule has 0 bridgehead atoms. The Labute approximate surface area is 109 Å². The van der Waals surface area contributed by atoms with Crippen molar-refractivity contribution in [2.24, 2.45) is 0 Å². The van der Waals surface area contributed by atoms with Crippen molar-refractivity contribution in [1.82, 2.24) is 25.3 Å². The molecule has 0 amide bonds. The lowest BCUT2D eigenvalue weighted by Gasteiger charge is -2.03. The molecular weight excluding hydrogens is 246 g/mol. The normalized spacial score (nSPS) is 14.7. The van der Waals surface area contributed by atoms with Crippen LogP contribution in [0.3, 0.4) is 0 Å². The van der Waals surface area contributed by atoms with Crippen LogP contribution in [0.25, 0.3) is 0 Å². The molecule has 0 spiro atoms. The molecule has 0 aromatic carbocycles. The van der Waals surface area contributed by atoms with Crippen molar-refractivity contribution in [2.75, 3.05) is 0 Å². The minimum absolute atomic E-state index is 0.708. The standard InChI is InChI=1S/C12H13N5S/c1-2-10(1)14-5-9-6-15-12(16-7-9)18-11-3-4-13-8-17-11/h3-4,6-8,10,14H,1-2,5H2. The minimum Gasteiger partial charge on any atom is -0.310 e. The lowest BCUT2D eigenvalue weighted by Crippen LogP contribution is -2.15. The Balaban J connectivity index is 1.59. The number of nitrogens with zero attached hydrogens (tertiary/aromatic N) is 4. The Bertz CT molecular complexity index is 498. The summed E-state index contributed by atoms with van der Waals surface area (Å²) < 4.78 is 0. The van der Waals surface area contributed by atoms with Gasteiger partial charge in [-0.1, -0.05) is 0 Å². The molecule has 2 aromatic heterocycles. The van der Waals surface area contributed by atoms with Crippen LogP contribution >= 0.6 is 11.8 Å². The molecular formula is C12H13N5S. The predicted octanol–water partition coefficient (Wildman–Crippen LogP) is 1.67. The van der Waals surface area contributed by atoms with Crippen LogP contribution in [0.15, 0.2) is 41.2 Å². The van der Waals surface area contributed by atoms with E-state index in [1.807, 2.05) is 18.5 Å². The summed E-state index contributed by atoms with van der Waals surface area (Å²) >= 11 is 1.44. The molecule has 92 valence electrons. The fourth-order valence-corrected chi connectivity index (χ4v) is 2.10. The molecule has 0 atom stereocenters.